The van der Waals surface area contributed by atoms with Gasteiger partial charge in [-0.05, 0) is 23.9 Å². The first-order valence-electron chi connectivity index (χ1n) is 8.72. The van der Waals surface area contributed by atoms with Gasteiger partial charge in [-0.15, -0.1) is 11.3 Å². The fourth-order valence-corrected chi connectivity index (χ4v) is 4.13. The van der Waals surface area contributed by atoms with E-state index in [1.54, 1.807) is 29.8 Å². The van der Waals surface area contributed by atoms with Crippen molar-refractivity contribution in [1.82, 2.24) is 35.9 Å². The molecule has 0 aromatic carbocycles. The molecule has 5 heterocycles. The van der Waals surface area contributed by atoms with Gasteiger partial charge in [-0.1, -0.05) is 11.2 Å². The minimum Gasteiger partial charge on any atom is -0.340 e. The molecule has 0 aliphatic carbocycles. The van der Waals surface area contributed by atoms with E-state index < -0.39 is 0 Å². The Bertz CT molecular complexity index is 924. The van der Waals surface area contributed by atoms with Crippen LogP contribution in [0.4, 0.5) is 0 Å². The van der Waals surface area contributed by atoms with Gasteiger partial charge in [0.2, 0.25) is 23.4 Å². The van der Waals surface area contributed by atoms with Gasteiger partial charge in [0.05, 0.1) is 12.0 Å². The zero-order valence-corrected chi connectivity index (χ0v) is 15.1. The first-order valence-corrected chi connectivity index (χ1v) is 9.60. The molecule has 2 unspecified atom stereocenters. The van der Waals surface area contributed by atoms with Gasteiger partial charge in [0.1, 0.15) is 6.04 Å². The molecule has 10 heteroatoms. The number of thiophene rings is 1. The lowest BCUT2D eigenvalue weighted by Gasteiger charge is -2.38. The molecule has 138 valence electrons. The Balaban J connectivity index is 1.18. The lowest BCUT2D eigenvalue weighted by atomic mass is 9.98. The standard InChI is InChI=1S/C17H17N7O2S/c25-17(12-7-11(21-22-12)13-3-1-6-27-13)24-8-10(9-24)16-20-15(23-26-16)14-18-4-2-5-19-14/h1-6,10-12,21-22H,7-9H2. The number of nitrogens with one attached hydrogen (secondary N) is 2. The van der Waals surface area contributed by atoms with E-state index >= 15 is 0 Å². The molecule has 2 aliphatic heterocycles. The number of likely N-dealkylation sites (tertiary alicyclic amines) is 1. The maximum atomic E-state index is 12.7. The summed E-state index contributed by atoms with van der Waals surface area (Å²) in [6.45, 7) is 1.16. The third-order valence-electron chi connectivity index (χ3n) is 4.84. The molecule has 9 nitrogen and oxygen atoms in total. The monoisotopic (exact) mass is 383 g/mol. The number of nitrogens with zero attached hydrogens (tertiary/aromatic N) is 5. The second kappa shape index (κ2) is 6.80. The van der Waals surface area contributed by atoms with Crippen LogP contribution in [0.15, 0.2) is 40.5 Å². The highest BCUT2D eigenvalue weighted by Gasteiger charge is 2.40. The summed E-state index contributed by atoms with van der Waals surface area (Å²) in [4.78, 5) is 28.3. The maximum Gasteiger partial charge on any atom is 0.241 e. The van der Waals surface area contributed by atoms with E-state index in [1.807, 2.05) is 16.3 Å². The summed E-state index contributed by atoms with van der Waals surface area (Å²) in [6, 6.07) is 5.81. The van der Waals surface area contributed by atoms with E-state index in [0.717, 1.165) is 6.42 Å². The van der Waals surface area contributed by atoms with Crippen molar-refractivity contribution in [1.29, 1.82) is 0 Å². The average molecular weight is 383 g/mol. The number of rotatable bonds is 4. The molecular weight excluding hydrogens is 366 g/mol. The Morgan fingerprint density at radius 1 is 1.19 bits per heavy atom. The zero-order valence-electron chi connectivity index (χ0n) is 14.3. The van der Waals surface area contributed by atoms with Crippen molar-refractivity contribution in [3.05, 3.63) is 46.7 Å². The summed E-state index contributed by atoms with van der Waals surface area (Å²) in [5.74, 6) is 1.48. The minimum absolute atomic E-state index is 0.0568. The van der Waals surface area contributed by atoms with Crippen molar-refractivity contribution in [2.24, 2.45) is 0 Å². The third kappa shape index (κ3) is 3.11. The number of aromatic nitrogens is 4. The second-order valence-electron chi connectivity index (χ2n) is 6.61. The van der Waals surface area contributed by atoms with Gasteiger partial charge in [0, 0.05) is 30.4 Å². The van der Waals surface area contributed by atoms with E-state index in [1.165, 1.54) is 4.88 Å². The van der Waals surface area contributed by atoms with Crippen LogP contribution >= 0.6 is 11.3 Å². The number of carbonyl (C=O) groups excluding carboxylic acids is 1. The number of hydrazine groups is 1. The second-order valence-corrected chi connectivity index (χ2v) is 7.59. The van der Waals surface area contributed by atoms with Crippen LogP contribution in [-0.2, 0) is 4.79 Å². The van der Waals surface area contributed by atoms with E-state index in [-0.39, 0.29) is 23.9 Å². The van der Waals surface area contributed by atoms with E-state index in [2.05, 4.69) is 37.0 Å². The molecule has 0 saturated carbocycles. The third-order valence-corrected chi connectivity index (χ3v) is 5.82. The summed E-state index contributed by atoms with van der Waals surface area (Å²) in [5.41, 5.74) is 6.34. The highest BCUT2D eigenvalue weighted by Crippen LogP contribution is 2.30. The molecule has 3 aromatic rings. The lowest BCUT2D eigenvalue weighted by molar-refractivity contribution is -0.138. The van der Waals surface area contributed by atoms with Gasteiger partial charge in [-0.3, -0.25) is 4.79 Å². The zero-order chi connectivity index (χ0) is 18.2. The molecular formula is C17H17N7O2S. The highest BCUT2D eigenvalue weighted by atomic mass is 32.1. The molecule has 2 fully saturated rings. The normalized spacial score (nSPS) is 22.7. The molecule has 0 bridgehead atoms. The molecule has 27 heavy (non-hydrogen) atoms. The highest BCUT2D eigenvalue weighted by molar-refractivity contribution is 7.10. The van der Waals surface area contributed by atoms with Crippen LogP contribution in [0.1, 0.15) is 29.1 Å². The summed E-state index contributed by atoms with van der Waals surface area (Å²) in [6.07, 6.45) is 4.01. The Morgan fingerprint density at radius 3 is 2.81 bits per heavy atom. The molecule has 2 saturated heterocycles. The van der Waals surface area contributed by atoms with E-state index in [9.17, 15) is 4.79 Å². The van der Waals surface area contributed by atoms with Crippen molar-refractivity contribution >= 4 is 17.2 Å². The predicted molar refractivity (Wildman–Crippen MR) is 96.4 cm³/mol. The summed E-state index contributed by atoms with van der Waals surface area (Å²) in [5, 5.41) is 5.99. The van der Waals surface area contributed by atoms with Crippen LogP contribution in [-0.4, -0.2) is 50.0 Å². The maximum absolute atomic E-state index is 12.7. The number of hydrogen-bond donors (Lipinski definition) is 2. The quantitative estimate of drug-likeness (QED) is 0.690. The van der Waals surface area contributed by atoms with Crippen LogP contribution in [0.25, 0.3) is 11.6 Å². The topological polar surface area (TPSA) is 109 Å². The van der Waals surface area contributed by atoms with Gasteiger partial charge in [-0.25, -0.2) is 20.8 Å². The van der Waals surface area contributed by atoms with Gasteiger partial charge >= 0.3 is 0 Å². The predicted octanol–water partition coefficient (Wildman–Crippen LogP) is 1.12. The largest absolute Gasteiger partial charge is 0.340 e. The Morgan fingerprint density at radius 2 is 2.04 bits per heavy atom. The van der Waals surface area contributed by atoms with Crippen LogP contribution in [0.5, 0.6) is 0 Å². The molecule has 2 atom stereocenters. The van der Waals surface area contributed by atoms with Crippen molar-refractivity contribution < 1.29 is 9.32 Å². The van der Waals surface area contributed by atoms with Gasteiger partial charge < -0.3 is 9.42 Å². The van der Waals surface area contributed by atoms with Crippen LogP contribution in [0.2, 0.25) is 0 Å². The molecule has 5 rings (SSSR count). The number of carbonyl (C=O) groups is 1. The fourth-order valence-electron chi connectivity index (χ4n) is 3.34. The first kappa shape index (κ1) is 16.5. The van der Waals surface area contributed by atoms with E-state index in [4.69, 9.17) is 4.52 Å². The average Bonchev–Trinajstić information content (AvgIpc) is 3.41. The van der Waals surface area contributed by atoms with Gasteiger partial charge in [0.15, 0.2) is 0 Å². The minimum atomic E-state index is -0.214. The molecule has 3 aromatic heterocycles. The van der Waals surface area contributed by atoms with Crippen LogP contribution in [0, 0.1) is 0 Å². The molecule has 0 radical (unpaired) electrons. The van der Waals surface area contributed by atoms with Gasteiger partial charge in [-0.2, -0.15) is 4.98 Å². The lowest BCUT2D eigenvalue weighted by Crippen LogP contribution is -2.54. The van der Waals surface area contributed by atoms with E-state index in [0.29, 0.717) is 30.6 Å². The van der Waals surface area contributed by atoms with Crippen molar-refractivity contribution in [3.63, 3.8) is 0 Å². The van der Waals surface area contributed by atoms with Crippen molar-refractivity contribution in [3.8, 4) is 11.6 Å². The van der Waals surface area contributed by atoms with Crippen LogP contribution in [0.3, 0.4) is 0 Å². The summed E-state index contributed by atoms with van der Waals surface area (Å²) in [7, 11) is 0. The first-order chi connectivity index (χ1) is 13.3. The Hall–Kier alpha value is -2.69. The molecule has 0 spiro atoms. The van der Waals surface area contributed by atoms with Crippen molar-refractivity contribution in [2.45, 2.75) is 24.4 Å². The Labute approximate surface area is 158 Å². The van der Waals surface area contributed by atoms with Crippen LogP contribution < -0.4 is 10.9 Å². The summed E-state index contributed by atoms with van der Waals surface area (Å²) >= 11 is 1.69. The number of amides is 1. The smallest absolute Gasteiger partial charge is 0.241 e. The Kier molecular flexibility index (Phi) is 4.15. The number of hydrogen-bond acceptors (Lipinski definition) is 9. The molecule has 1 amide bonds. The van der Waals surface area contributed by atoms with Gasteiger partial charge in [0.25, 0.3) is 0 Å². The SMILES string of the molecule is O=C(C1CC(c2cccs2)NN1)N1CC(c2nc(-c3ncccn3)no2)C1. The van der Waals surface area contributed by atoms with Crippen molar-refractivity contribution in [2.75, 3.05) is 13.1 Å². The molecule has 2 N–H and O–H groups in total. The fraction of sp³-hybridized carbons (Fsp3) is 0.353. The molecule has 2 aliphatic rings. The summed E-state index contributed by atoms with van der Waals surface area (Å²) < 4.78 is 5.34.